The normalized spacial score (nSPS) is 15.1. The van der Waals surface area contributed by atoms with Crippen LogP contribution >= 0.6 is 0 Å². The zero-order valence-electron chi connectivity index (χ0n) is 17.6. The van der Waals surface area contributed by atoms with Gasteiger partial charge in [0, 0.05) is 33.1 Å². The molecule has 1 fully saturated rings. The molecule has 0 saturated carbocycles. The number of benzene rings is 1. The minimum atomic E-state index is -0.417. The van der Waals surface area contributed by atoms with E-state index in [0.29, 0.717) is 38.5 Å². The molecule has 1 N–H and O–H groups in total. The first-order valence-electron chi connectivity index (χ1n) is 9.90. The number of nitrogens with zero attached hydrogens (tertiary/aromatic N) is 2. The van der Waals surface area contributed by atoms with Crippen LogP contribution in [0.2, 0.25) is 0 Å². The van der Waals surface area contributed by atoms with Crippen LogP contribution in [0, 0.1) is 5.92 Å². The molecule has 0 aromatic heterocycles. The van der Waals surface area contributed by atoms with Crippen LogP contribution in [0.5, 0.6) is 5.75 Å². The highest BCUT2D eigenvalue weighted by molar-refractivity contribution is 5.79. The molecule has 1 aliphatic rings. The van der Waals surface area contributed by atoms with E-state index in [1.165, 1.54) is 6.92 Å². The van der Waals surface area contributed by atoms with E-state index in [1.54, 1.807) is 29.0 Å². The van der Waals surface area contributed by atoms with Gasteiger partial charge in [-0.1, -0.05) is 26.0 Å². The van der Waals surface area contributed by atoms with Crippen LogP contribution in [0.3, 0.4) is 0 Å². The Labute approximate surface area is 172 Å². The van der Waals surface area contributed by atoms with Gasteiger partial charge in [0.25, 0.3) is 0 Å². The van der Waals surface area contributed by atoms with Crippen LogP contribution in [0.1, 0.15) is 38.8 Å². The summed E-state index contributed by atoms with van der Waals surface area (Å²) in [5, 5.41) is 2.85. The van der Waals surface area contributed by atoms with Crippen LogP contribution in [-0.4, -0.2) is 67.6 Å². The molecular weight excluding hydrogens is 374 g/mol. The Balaban J connectivity index is 1.92. The Morgan fingerprint density at radius 2 is 1.62 bits per heavy atom. The lowest BCUT2D eigenvalue weighted by Gasteiger charge is -2.35. The highest BCUT2D eigenvalue weighted by Crippen LogP contribution is 2.22. The van der Waals surface area contributed by atoms with Crippen molar-refractivity contribution in [2.75, 3.05) is 39.9 Å². The van der Waals surface area contributed by atoms with Gasteiger partial charge in [0.15, 0.2) is 0 Å². The molecule has 8 nitrogen and oxygen atoms in total. The van der Waals surface area contributed by atoms with E-state index >= 15 is 0 Å². The SMILES string of the molecule is COc1ccc(C(CC(=O)N2CCN(C(=O)OCC(C)C)CC2)NC(C)=O)cc1. The second-order valence-electron chi connectivity index (χ2n) is 7.57. The number of ether oxygens (including phenoxy) is 2. The molecule has 3 amide bonds. The maximum atomic E-state index is 12.8. The lowest BCUT2D eigenvalue weighted by atomic mass is 10.0. The van der Waals surface area contributed by atoms with Crippen molar-refractivity contribution < 1.29 is 23.9 Å². The van der Waals surface area contributed by atoms with Gasteiger partial charge in [-0.05, 0) is 23.6 Å². The van der Waals surface area contributed by atoms with Gasteiger partial charge in [0.05, 0.1) is 26.2 Å². The molecule has 2 rings (SSSR count). The van der Waals surface area contributed by atoms with Gasteiger partial charge >= 0.3 is 6.09 Å². The molecular formula is C21H31N3O5. The standard InChI is InChI=1S/C21H31N3O5/c1-15(2)14-29-21(27)24-11-9-23(10-12-24)20(26)13-19(22-16(3)25)17-5-7-18(28-4)8-6-17/h5-8,15,19H,9-14H2,1-4H3,(H,22,25). The van der Waals surface area contributed by atoms with Crippen LogP contribution in [0.4, 0.5) is 4.79 Å². The number of carbonyl (C=O) groups is 3. The average molecular weight is 405 g/mol. The molecule has 0 spiro atoms. The van der Waals surface area contributed by atoms with Crippen molar-refractivity contribution in [1.82, 2.24) is 15.1 Å². The molecule has 0 bridgehead atoms. The Hall–Kier alpha value is -2.77. The fourth-order valence-corrected chi connectivity index (χ4v) is 3.11. The maximum absolute atomic E-state index is 12.8. The predicted molar refractivity (Wildman–Crippen MR) is 109 cm³/mol. The Morgan fingerprint density at radius 3 is 2.14 bits per heavy atom. The molecule has 1 heterocycles. The minimum Gasteiger partial charge on any atom is -0.497 e. The maximum Gasteiger partial charge on any atom is 0.409 e. The van der Waals surface area contributed by atoms with Crippen molar-refractivity contribution in [2.45, 2.75) is 33.2 Å². The van der Waals surface area contributed by atoms with Gasteiger partial charge in [-0.25, -0.2) is 4.79 Å². The Kier molecular flexibility index (Phi) is 8.30. The molecule has 1 atom stereocenters. The first kappa shape index (κ1) is 22.5. The van der Waals surface area contributed by atoms with Crippen LogP contribution in [-0.2, 0) is 14.3 Å². The van der Waals surface area contributed by atoms with Crippen molar-refractivity contribution in [3.05, 3.63) is 29.8 Å². The Morgan fingerprint density at radius 1 is 1.03 bits per heavy atom. The van der Waals surface area contributed by atoms with E-state index in [-0.39, 0.29) is 30.2 Å². The molecule has 1 aliphatic heterocycles. The summed E-state index contributed by atoms with van der Waals surface area (Å²) >= 11 is 0. The lowest BCUT2D eigenvalue weighted by Crippen LogP contribution is -2.51. The third-order valence-electron chi connectivity index (χ3n) is 4.71. The summed E-state index contributed by atoms with van der Waals surface area (Å²) in [5.74, 6) is 0.735. The number of carbonyl (C=O) groups excluding carboxylic acids is 3. The van der Waals surface area contributed by atoms with Crippen molar-refractivity contribution in [2.24, 2.45) is 5.92 Å². The van der Waals surface area contributed by atoms with Gasteiger partial charge in [-0.2, -0.15) is 0 Å². The topological polar surface area (TPSA) is 88.2 Å². The number of rotatable bonds is 7. The lowest BCUT2D eigenvalue weighted by molar-refractivity contribution is -0.133. The Bertz CT molecular complexity index is 697. The van der Waals surface area contributed by atoms with Gasteiger partial charge < -0.3 is 24.6 Å². The van der Waals surface area contributed by atoms with Crippen LogP contribution in [0.25, 0.3) is 0 Å². The summed E-state index contributed by atoms with van der Waals surface area (Å²) in [6.07, 6.45) is -0.177. The summed E-state index contributed by atoms with van der Waals surface area (Å²) in [5.41, 5.74) is 0.838. The van der Waals surface area contributed by atoms with Crippen molar-refractivity contribution in [1.29, 1.82) is 0 Å². The molecule has 0 radical (unpaired) electrons. The third-order valence-corrected chi connectivity index (χ3v) is 4.71. The van der Waals surface area contributed by atoms with E-state index in [0.717, 1.165) is 5.56 Å². The molecule has 1 aromatic carbocycles. The van der Waals surface area contributed by atoms with Crippen LogP contribution in [0.15, 0.2) is 24.3 Å². The average Bonchev–Trinajstić information content (AvgIpc) is 2.71. The third kappa shape index (κ3) is 6.96. The number of hydrogen-bond acceptors (Lipinski definition) is 5. The minimum absolute atomic E-state index is 0.0604. The second kappa shape index (κ2) is 10.7. The van der Waals surface area contributed by atoms with E-state index in [9.17, 15) is 14.4 Å². The molecule has 1 saturated heterocycles. The quantitative estimate of drug-likeness (QED) is 0.751. The van der Waals surface area contributed by atoms with E-state index in [4.69, 9.17) is 9.47 Å². The highest BCUT2D eigenvalue weighted by atomic mass is 16.6. The van der Waals surface area contributed by atoms with Gasteiger partial charge in [-0.3, -0.25) is 9.59 Å². The van der Waals surface area contributed by atoms with Gasteiger partial charge in [0.1, 0.15) is 5.75 Å². The van der Waals surface area contributed by atoms with Crippen molar-refractivity contribution in [3.63, 3.8) is 0 Å². The molecule has 160 valence electrons. The fraction of sp³-hybridized carbons (Fsp3) is 0.571. The summed E-state index contributed by atoms with van der Waals surface area (Å²) in [4.78, 5) is 39.8. The number of hydrogen-bond donors (Lipinski definition) is 1. The fourth-order valence-electron chi connectivity index (χ4n) is 3.11. The van der Waals surface area contributed by atoms with Gasteiger partial charge in [-0.15, -0.1) is 0 Å². The van der Waals surface area contributed by atoms with Crippen LogP contribution < -0.4 is 10.1 Å². The monoisotopic (exact) mass is 405 g/mol. The second-order valence-corrected chi connectivity index (χ2v) is 7.57. The summed E-state index contributed by atoms with van der Waals surface area (Å²) in [7, 11) is 1.59. The summed E-state index contributed by atoms with van der Waals surface area (Å²) in [6.45, 7) is 7.57. The zero-order chi connectivity index (χ0) is 21.4. The number of amides is 3. The number of methoxy groups -OCH3 is 1. The number of nitrogens with one attached hydrogen (secondary N) is 1. The van der Waals surface area contributed by atoms with Crippen molar-refractivity contribution >= 4 is 17.9 Å². The van der Waals surface area contributed by atoms with E-state index in [2.05, 4.69) is 5.32 Å². The number of piperazine rings is 1. The first-order chi connectivity index (χ1) is 13.8. The largest absolute Gasteiger partial charge is 0.497 e. The summed E-state index contributed by atoms with van der Waals surface area (Å²) < 4.78 is 10.4. The summed E-state index contributed by atoms with van der Waals surface area (Å²) in [6, 6.07) is 6.87. The molecule has 29 heavy (non-hydrogen) atoms. The van der Waals surface area contributed by atoms with Crippen molar-refractivity contribution in [3.8, 4) is 5.75 Å². The molecule has 1 unspecified atom stereocenters. The molecule has 1 aromatic rings. The van der Waals surface area contributed by atoms with E-state index in [1.807, 2.05) is 26.0 Å². The smallest absolute Gasteiger partial charge is 0.409 e. The highest BCUT2D eigenvalue weighted by Gasteiger charge is 2.27. The predicted octanol–water partition coefficient (Wildman–Crippen LogP) is 2.20. The molecule has 0 aliphatic carbocycles. The van der Waals surface area contributed by atoms with Gasteiger partial charge in [0.2, 0.25) is 11.8 Å². The van der Waals surface area contributed by atoms with E-state index < -0.39 is 6.04 Å². The first-order valence-corrected chi connectivity index (χ1v) is 9.90. The molecule has 8 heteroatoms. The zero-order valence-corrected chi connectivity index (χ0v) is 17.6.